The third-order valence-electron chi connectivity index (χ3n) is 4.73. The number of thiazole rings is 1. The second-order valence-electron chi connectivity index (χ2n) is 7.19. The van der Waals surface area contributed by atoms with Crippen molar-refractivity contribution in [1.29, 1.82) is 0 Å². The first-order valence-corrected chi connectivity index (χ1v) is 13.6. The van der Waals surface area contributed by atoms with Crippen molar-refractivity contribution in [3.8, 4) is 17.0 Å². The van der Waals surface area contributed by atoms with E-state index in [-0.39, 0.29) is 5.91 Å². The minimum absolute atomic E-state index is 0.295. The minimum Gasteiger partial charge on any atom is -0.492 e. The van der Waals surface area contributed by atoms with E-state index in [4.69, 9.17) is 16.3 Å². The molecule has 4 rings (SSSR count). The van der Waals surface area contributed by atoms with Gasteiger partial charge in [0.05, 0.1) is 26.6 Å². The Kier molecular flexibility index (Phi) is 8.77. The highest BCUT2D eigenvalue weighted by atomic mass is 127. The topological polar surface area (TPSA) is 75.6 Å². The molecule has 0 unspecified atom stereocenters. The van der Waals surface area contributed by atoms with Gasteiger partial charge in [0.2, 0.25) is 0 Å². The van der Waals surface area contributed by atoms with Crippen molar-refractivity contribution >= 4 is 84.4 Å². The number of hydrogen-bond donors (Lipinski definition) is 2. The van der Waals surface area contributed by atoms with Crippen LogP contribution in [0.3, 0.4) is 0 Å². The Hall–Kier alpha value is -2.47. The standard InChI is InChI=1S/C25H19BrClIN4O2S/c1-2-34-23-20(26)11-15(12-21(23)28)13-29-32-24(33)17-5-3-16(4-6-17)22-14-35-25(31-22)30-19-9-7-18(27)8-10-19/h3-14H,2H2,1H3,(H,30,31)(H,32,33)/b29-13-. The van der Waals surface area contributed by atoms with Crippen molar-refractivity contribution in [3.63, 3.8) is 0 Å². The van der Waals surface area contributed by atoms with E-state index in [0.717, 1.165) is 41.4 Å². The zero-order chi connectivity index (χ0) is 24.8. The van der Waals surface area contributed by atoms with E-state index in [1.807, 2.05) is 60.8 Å². The van der Waals surface area contributed by atoms with E-state index in [1.54, 1.807) is 18.3 Å². The van der Waals surface area contributed by atoms with Gasteiger partial charge < -0.3 is 10.1 Å². The van der Waals surface area contributed by atoms with Crippen molar-refractivity contribution < 1.29 is 9.53 Å². The first kappa shape index (κ1) is 25.6. The molecule has 35 heavy (non-hydrogen) atoms. The molecule has 6 nitrogen and oxygen atoms in total. The molecule has 3 aromatic carbocycles. The summed E-state index contributed by atoms with van der Waals surface area (Å²) in [5.74, 6) is 0.498. The van der Waals surface area contributed by atoms with E-state index < -0.39 is 0 Å². The Morgan fingerprint density at radius 1 is 1.20 bits per heavy atom. The summed E-state index contributed by atoms with van der Waals surface area (Å²) in [5, 5.41) is 10.8. The summed E-state index contributed by atoms with van der Waals surface area (Å²) in [6.07, 6.45) is 1.60. The Morgan fingerprint density at radius 2 is 1.94 bits per heavy atom. The molecule has 1 heterocycles. The van der Waals surface area contributed by atoms with E-state index in [9.17, 15) is 4.79 Å². The van der Waals surface area contributed by atoms with Crippen molar-refractivity contribution in [1.82, 2.24) is 10.4 Å². The molecule has 0 saturated carbocycles. The van der Waals surface area contributed by atoms with Gasteiger partial charge in [-0.15, -0.1) is 11.3 Å². The lowest BCUT2D eigenvalue weighted by Crippen LogP contribution is -2.17. The quantitative estimate of drug-likeness (QED) is 0.113. The fourth-order valence-electron chi connectivity index (χ4n) is 3.08. The molecule has 0 aliphatic heterocycles. The van der Waals surface area contributed by atoms with Gasteiger partial charge in [-0.3, -0.25) is 4.79 Å². The lowest BCUT2D eigenvalue weighted by atomic mass is 10.1. The van der Waals surface area contributed by atoms with Gasteiger partial charge in [0, 0.05) is 27.2 Å². The van der Waals surface area contributed by atoms with Crippen LogP contribution in [-0.2, 0) is 0 Å². The molecule has 2 N–H and O–H groups in total. The molecule has 1 amide bonds. The van der Waals surface area contributed by atoms with Gasteiger partial charge in [-0.25, -0.2) is 10.4 Å². The molecule has 0 spiro atoms. The van der Waals surface area contributed by atoms with Crippen LogP contribution in [0.4, 0.5) is 10.8 Å². The monoisotopic (exact) mass is 680 g/mol. The fraction of sp³-hybridized carbons (Fsp3) is 0.0800. The maximum atomic E-state index is 12.5. The molecule has 0 aliphatic rings. The van der Waals surface area contributed by atoms with Gasteiger partial charge in [0.15, 0.2) is 5.13 Å². The smallest absolute Gasteiger partial charge is 0.271 e. The number of rotatable bonds is 8. The average Bonchev–Trinajstić information content (AvgIpc) is 3.31. The summed E-state index contributed by atoms with van der Waals surface area (Å²) >= 11 is 13.2. The second-order valence-corrected chi connectivity index (χ2v) is 10.5. The lowest BCUT2D eigenvalue weighted by molar-refractivity contribution is 0.0955. The van der Waals surface area contributed by atoms with Crippen LogP contribution in [0.1, 0.15) is 22.8 Å². The third-order valence-corrected chi connectivity index (χ3v) is 7.13. The summed E-state index contributed by atoms with van der Waals surface area (Å²) in [6.45, 7) is 2.52. The number of hydrazone groups is 1. The zero-order valence-electron chi connectivity index (χ0n) is 18.4. The molecule has 0 fully saturated rings. The van der Waals surface area contributed by atoms with E-state index in [0.29, 0.717) is 17.2 Å². The number of carbonyl (C=O) groups excluding carboxylic acids is 1. The first-order chi connectivity index (χ1) is 16.9. The number of anilines is 2. The van der Waals surface area contributed by atoms with Gasteiger partial charge in [-0.1, -0.05) is 23.7 Å². The lowest BCUT2D eigenvalue weighted by Gasteiger charge is -2.09. The summed E-state index contributed by atoms with van der Waals surface area (Å²) in [6, 6.07) is 18.5. The van der Waals surface area contributed by atoms with Crippen molar-refractivity contribution in [3.05, 3.63) is 90.2 Å². The number of benzene rings is 3. The predicted molar refractivity (Wildman–Crippen MR) is 155 cm³/mol. The van der Waals surface area contributed by atoms with Crippen LogP contribution in [-0.4, -0.2) is 23.7 Å². The molecule has 0 saturated heterocycles. The number of ether oxygens (including phenoxy) is 1. The number of nitrogens with zero attached hydrogens (tertiary/aromatic N) is 2. The highest BCUT2D eigenvalue weighted by molar-refractivity contribution is 14.1. The van der Waals surface area contributed by atoms with Gasteiger partial charge >= 0.3 is 0 Å². The Morgan fingerprint density at radius 3 is 2.63 bits per heavy atom. The highest BCUT2D eigenvalue weighted by Crippen LogP contribution is 2.31. The number of halogens is 3. The van der Waals surface area contributed by atoms with Crippen LogP contribution in [0.2, 0.25) is 5.02 Å². The Bertz CT molecular complexity index is 1340. The SMILES string of the molecule is CCOc1c(Br)cc(/C=N\NC(=O)c2ccc(-c3csc(Nc4ccc(Cl)cc4)n3)cc2)cc1I. The van der Waals surface area contributed by atoms with Crippen molar-refractivity contribution in [2.24, 2.45) is 5.10 Å². The van der Waals surface area contributed by atoms with Gasteiger partial charge in [0.1, 0.15) is 5.75 Å². The maximum absolute atomic E-state index is 12.5. The van der Waals surface area contributed by atoms with Crippen LogP contribution in [0.25, 0.3) is 11.3 Å². The first-order valence-electron chi connectivity index (χ1n) is 10.5. The number of amides is 1. The minimum atomic E-state index is -0.295. The van der Waals surface area contributed by atoms with Crippen molar-refractivity contribution in [2.75, 3.05) is 11.9 Å². The fourth-order valence-corrected chi connectivity index (χ4v) is 5.71. The molecule has 0 radical (unpaired) electrons. The number of aromatic nitrogens is 1. The van der Waals surface area contributed by atoms with E-state index in [1.165, 1.54) is 11.3 Å². The highest BCUT2D eigenvalue weighted by Gasteiger charge is 2.10. The molecule has 1 aromatic heterocycles. The van der Waals surface area contributed by atoms with Crippen LogP contribution in [0, 0.1) is 3.57 Å². The molecule has 4 aromatic rings. The second kappa shape index (κ2) is 12.0. The molecule has 10 heteroatoms. The Labute approximate surface area is 234 Å². The van der Waals surface area contributed by atoms with Crippen LogP contribution in [0.5, 0.6) is 5.75 Å². The zero-order valence-corrected chi connectivity index (χ0v) is 23.7. The third kappa shape index (κ3) is 6.81. The normalized spacial score (nSPS) is 11.0. The van der Waals surface area contributed by atoms with Gasteiger partial charge in [-0.05, 0) is 99.5 Å². The predicted octanol–water partition coefficient (Wildman–Crippen LogP) is 7.74. The van der Waals surface area contributed by atoms with Crippen LogP contribution < -0.4 is 15.5 Å². The van der Waals surface area contributed by atoms with E-state index >= 15 is 0 Å². The summed E-state index contributed by atoms with van der Waals surface area (Å²) in [5.41, 5.74) is 6.57. The van der Waals surface area contributed by atoms with Crippen molar-refractivity contribution in [2.45, 2.75) is 6.92 Å². The van der Waals surface area contributed by atoms with Gasteiger partial charge in [0.25, 0.3) is 5.91 Å². The molecule has 0 atom stereocenters. The number of hydrogen-bond acceptors (Lipinski definition) is 6. The maximum Gasteiger partial charge on any atom is 0.271 e. The number of nitrogens with one attached hydrogen (secondary N) is 2. The average molecular weight is 682 g/mol. The largest absolute Gasteiger partial charge is 0.492 e. The molecule has 0 bridgehead atoms. The molecular formula is C25H19BrClIN4O2S. The summed E-state index contributed by atoms with van der Waals surface area (Å²) in [4.78, 5) is 17.1. The van der Waals surface area contributed by atoms with Crippen LogP contribution in [0.15, 0.2) is 75.6 Å². The summed E-state index contributed by atoms with van der Waals surface area (Å²) in [7, 11) is 0. The Balaban J connectivity index is 1.37. The van der Waals surface area contributed by atoms with Gasteiger partial charge in [-0.2, -0.15) is 5.10 Å². The molecule has 0 aliphatic carbocycles. The summed E-state index contributed by atoms with van der Waals surface area (Å²) < 4.78 is 7.41. The molecular weight excluding hydrogens is 663 g/mol. The van der Waals surface area contributed by atoms with Crippen LogP contribution >= 0.6 is 61.5 Å². The molecule has 178 valence electrons. The number of carbonyl (C=O) groups is 1. The van der Waals surface area contributed by atoms with E-state index in [2.05, 4.69) is 59.3 Å².